The molecule has 3 aromatic carbocycles. The van der Waals surface area contributed by atoms with Crippen LogP contribution in [0.1, 0.15) is 28.5 Å². The molecule has 7 heteroatoms. The molecular weight excluding hydrogens is 460 g/mol. The van der Waals surface area contributed by atoms with Gasteiger partial charge in [-0.25, -0.2) is 0 Å². The Bertz CT molecular complexity index is 1400. The van der Waals surface area contributed by atoms with Crippen molar-refractivity contribution < 1.29 is 9.59 Å². The molecule has 6 nitrogen and oxygen atoms in total. The molecule has 35 heavy (non-hydrogen) atoms. The van der Waals surface area contributed by atoms with Crippen molar-refractivity contribution in [2.24, 2.45) is 0 Å². The highest BCUT2D eigenvalue weighted by molar-refractivity contribution is 6.32. The molecule has 0 fully saturated rings. The van der Waals surface area contributed by atoms with Gasteiger partial charge in [0.05, 0.1) is 12.2 Å². The Labute approximate surface area is 209 Å². The first-order valence-corrected chi connectivity index (χ1v) is 11.8. The largest absolute Gasteiger partial charge is 0.350 e. The molecule has 1 aliphatic heterocycles. The quantitative estimate of drug-likeness (QED) is 0.421. The van der Waals surface area contributed by atoms with Gasteiger partial charge in [-0.3, -0.25) is 19.2 Å². The van der Waals surface area contributed by atoms with E-state index < -0.39 is 5.54 Å². The van der Waals surface area contributed by atoms with Gasteiger partial charge < -0.3 is 5.32 Å². The van der Waals surface area contributed by atoms with E-state index in [9.17, 15) is 9.59 Å². The average molecular weight is 485 g/mol. The summed E-state index contributed by atoms with van der Waals surface area (Å²) in [4.78, 5) is 29.3. The van der Waals surface area contributed by atoms with Crippen LogP contribution in [-0.2, 0) is 17.9 Å². The number of nitrogens with zero attached hydrogens (tertiary/aromatic N) is 3. The molecule has 2 amide bonds. The van der Waals surface area contributed by atoms with Crippen LogP contribution in [0.5, 0.6) is 0 Å². The lowest BCUT2D eigenvalue weighted by Crippen LogP contribution is -2.64. The predicted molar refractivity (Wildman–Crippen MR) is 137 cm³/mol. The lowest BCUT2D eigenvalue weighted by Gasteiger charge is -2.43. The molecule has 1 aliphatic rings. The van der Waals surface area contributed by atoms with E-state index in [2.05, 4.69) is 5.32 Å². The molecule has 5 rings (SSSR count). The van der Waals surface area contributed by atoms with Crippen LogP contribution in [0.25, 0.3) is 11.3 Å². The van der Waals surface area contributed by atoms with Gasteiger partial charge in [0.2, 0.25) is 5.91 Å². The van der Waals surface area contributed by atoms with E-state index in [0.717, 1.165) is 16.7 Å². The van der Waals surface area contributed by atoms with Crippen molar-refractivity contribution in [2.75, 3.05) is 4.90 Å². The van der Waals surface area contributed by atoms with Gasteiger partial charge in [0.25, 0.3) is 5.91 Å². The van der Waals surface area contributed by atoms with Gasteiger partial charge in [0.15, 0.2) is 0 Å². The molecule has 1 aromatic heterocycles. The van der Waals surface area contributed by atoms with Crippen LogP contribution in [0.3, 0.4) is 0 Å². The summed E-state index contributed by atoms with van der Waals surface area (Å²) in [6.45, 7) is 4.19. The summed E-state index contributed by atoms with van der Waals surface area (Å²) < 4.78 is 1.64. The summed E-state index contributed by atoms with van der Waals surface area (Å²) in [6.07, 6.45) is 0. The number of carbonyl (C=O) groups is 2. The zero-order chi connectivity index (χ0) is 24.6. The Kier molecular flexibility index (Phi) is 5.91. The van der Waals surface area contributed by atoms with Crippen molar-refractivity contribution in [3.05, 3.63) is 107 Å². The van der Waals surface area contributed by atoms with Crippen LogP contribution < -0.4 is 10.2 Å². The predicted octanol–water partition coefficient (Wildman–Crippen LogP) is 5.25. The van der Waals surface area contributed by atoms with Crippen LogP contribution in [0, 0.1) is 6.92 Å². The highest BCUT2D eigenvalue weighted by Gasteiger charge is 2.49. The molecule has 176 valence electrons. The van der Waals surface area contributed by atoms with E-state index >= 15 is 0 Å². The highest BCUT2D eigenvalue weighted by atomic mass is 35.5. The summed E-state index contributed by atoms with van der Waals surface area (Å²) in [5.74, 6) is -0.565. The Morgan fingerprint density at radius 3 is 2.43 bits per heavy atom. The second-order valence-corrected chi connectivity index (χ2v) is 9.31. The molecule has 0 saturated heterocycles. The number of carbonyl (C=O) groups excluding carboxylic acids is 2. The van der Waals surface area contributed by atoms with Gasteiger partial charge in [-0.05, 0) is 43.2 Å². The van der Waals surface area contributed by atoms with E-state index in [4.69, 9.17) is 16.7 Å². The Morgan fingerprint density at radius 2 is 1.71 bits per heavy atom. The number of aromatic nitrogens is 2. The Morgan fingerprint density at radius 1 is 1.03 bits per heavy atom. The maximum absolute atomic E-state index is 14.0. The van der Waals surface area contributed by atoms with Crippen molar-refractivity contribution in [3.8, 4) is 11.3 Å². The monoisotopic (exact) mass is 484 g/mol. The molecule has 0 spiro atoms. The first kappa shape index (κ1) is 22.9. The summed E-state index contributed by atoms with van der Waals surface area (Å²) in [7, 11) is 0. The normalized spacial score (nSPS) is 17.2. The maximum atomic E-state index is 14.0. The third-order valence-corrected chi connectivity index (χ3v) is 6.90. The van der Waals surface area contributed by atoms with Gasteiger partial charge in [0.1, 0.15) is 11.2 Å². The number of hydrogen-bond acceptors (Lipinski definition) is 3. The van der Waals surface area contributed by atoms with Crippen LogP contribution in [-0.4, -0.2) is 27.1 Å². The molecule has 0 saturated carbocycles. The molecule has 2 heterocycles. The third-order valence-electron chi connectivity index (χ3n) is 6.49. The summed E-state index contributed by atoms with van der Waals surface area (Å²) in [5.41, 5.74) is 3.11. The fourth-order valence-electron chi connectivity index (χ4n) is 4.52. The van der Waals surface area contributed by atoms with Crippen molar-refractivity contribution in [1.82, 2.24) is 15.1 Å². The van der Waals surface area contributed by atoms with Crippen molar-refractivity contribution in [3.63, 3.8) is 0 Å². The van der Waals surface area contributed by atoms with Crippen LogP contribution in [0.4, 0.5) is 5.69 Å². The van der Waals surface area contributed by atoms with E-state index in [1.807, 2.05) is 73.7 Å². The summed E-state index contributed by atoms with van der Waals surface area (Å²) in [5, 5.41) is 8.26. The standard InChI is InChI=1S/C28H25ClN4O2/c1-19-22(29)14-9-15-24(19)33-26(34)25-16-23(21-12-7-4-8-13-21)31-32(25)18-28(33,2)27(35)30-17-20-10-5-3-6-11-20/h3-16H,17-18H2,1-2H3,(H,30,35). The highest BCUT2D eigenvalue weighted by Crippen LogP contribution is 2.37. The number of hydrogen-bond donors (Lipinski definition) is 1. The third kappa shape index (κ3) is 4.10. The smallest absolute Gasteiger partial charge is 0.277 e. The number of nitrogens with one attached hydrogen (secondary N) is 1. The number of fused-ring (bicyclic) bond motifs is 1. The Balaban J connectivity index is 1.58. The number of halogens is 1. The molecule has 0 bridgehead atoms. The fraction of sp³-hybridized carbons (Fsp3) is 0.179. The van der Waals surface area contributed by atoms with E-state index in [1.165, 1.54) is 0 Å². The van der Waals surface area contributed by atoms with Crippen LogP contribution >= 0.6 is 11.6 Å². The molecule has 0 aliphatic carbocycles. The second-order valence-electron chi connectivity index (χ2n) is 8.91. The van der Waals surface area contributed by atoms with Crippen molar-refractivity contribution in [2.45, 2.75) is 32.5 Å². The van der Waals surface area contributed by atoms with Gasteiger partial charge in [-0.15, -0.1) is 0 Å². The van der Waals surface area contributed by atoms with Crippen LogP contribution in [0.2, 0.25) is 5.02 Å². The van der Waals surface area contributed by atoms with E-state index in [0.29, 0.717) is 28.6 Å². The van der Waals surface area contributed by atoms with E-state index in [-0.39, 0.29) is 18.4 Å². The minimum absolute atomic E-state index is 0.202. The molecule has 1 unspecified atom stereocenters. The lowest BCUT2D eigenvalue weighted by atomic mass is 9.93. The Hall–Kier alpha value is -3.90. The number of rotatable bonds is 5. The number of benzene rings is 3. The van der Waals surface area contributed by atoms with Crippen LogP contribution in [0.15, 0.2) is 84.9 Å². The van der Waals surface area contributed by atoms with Crippen molar-refractivity contribution >= 4 is 29.1 Å². The summed E-state index contributed by atoms with van der Waals surface area (Å²) in [6, 6.07) is 26.5. The molecular formula is C28H25ClN4O2. The zero-order valence-electron chi connectivity index (χ0n) is 19.5. The molecule has 1 atom stereocenters. The molecule has 0 radical (unpaired) electrons. The number of anilines is 1. The van der Waals surface area contributed by atoms with Gasteiger partial charge in [-0.1, -0.05) is 78.3 Å². The topological polar surface area (TPSA) is 67.2 Å². The minimum atomic E-state index is -1.23. The number of amides is 2. The van der Waals surface area contributed by atoms with E-state index in [1.54, 1.807) is 34.7 Å². The average Bonchev–Trinajstić information content (AvgIpc) is 3.30. The molecule has 4 aromatic rings. The zero-order valence-corrected chi connectivity index (χ0v) is 20.3. The minimum Gasteiger partial charge on any atom is -0.350 e. The summed E-state index contributed by atoms with van der Waals surface area (Å²) >= 11 is 6.42. The lowest BCUT2D eigenvalue weighted by molar-refractivity contribution is -0.126. The molecule has 1 N–H and O–H groups in total. The van der Waals surface area contributed by atoms with Gasteiger partial charge in [0, 0.05) is 22.8 Å². The first-order valence-electron chi connectivity index (χ1n) is 11.4. The SMILES string of the molecule is Cc1c(Cl)cccc1N1C(=O)c2cc(-c3ccccc3)nn2CC1(C)C(=O)NCc1ccccc1. The van der Waals surface area contributed by atoms with Crippen molar-refractivity contribution in [1.29, 1.82) is 0 Å². The fourth-order valence-corrected chi connectivity index (χ4v) is 4.69. The second kappa shape index (κ2) is 9.04. The van der Waals surface area contributed by atoms with Gasteiger partial charge in [-0.2, -0.15) is 5.10 Å². The maximum Gasteiger partial charge on any atom is 0.277 e. The first-order chi connectivity index (χ1) is 16.9. The van der Waals surface area contributed by atoms with Gasteiger partial charge >= 0.3 is 0 Å².